The van der Waals surface area contributed by atoms with Crippen LogP contribution in [0.3, 0.4) is 0 Å². The van der Waals surface area contributed by atoms with E-state index in [1.165, 1.54) is 11.3 Å². The van der Waals surface area contributed by atoms with Crippen molar-refractivity contribution in [2.24, 2.45) is 0 Å². The number of hydrogen-bond acceptors (Lipinski definition) is 4. The maximum atomic E-state index is 5.56. The molecule has 0 aliphatic heterocycles. The molecule has 0 radical (unpaired) electrons. The van der Waals surface area contributed by atoms with Gasteiger partial charge in [0.25, 0.3) is 0 Å². The molecule has 84 valence electrons. The molecule has 0 saturated carbocycles. The van der Waals surface area contributed by atoms with Crippen molar-refractivity contribution in [2.45, 2.75) is 0 Å². The molecule has 0 atom stereocenters. The minimum absolute atomic E-state index is 0.583. The lowest BCUT2D eigenvalue weighted by atomic mass is 10.3. The molecule has 0 fully saturated rings. The van der Waals surface area contributed by atoms with Crippen LogP contribution in [0.25, 0.3) is 17.8 Å². The Bertz CT molecular complexity index is 647. The minimum atomic E-state index is 0.583. The van der Waals surface area contributed by atoms with Crippen molar-refractivity contribution in [1.82, 2.24) is 14.4 Å². The molecule has 17 heavy (non-hydrogen) atoms. The van der Waals surface area contributed by atoms with Gasteiger partial charge in [0.2, 0.25) is 0 Å². The van der Waals surface area contributed by atoms with Gasteiger partial charge in [-0.1, -0.05) is 6.07 Å². The lowest BCUT2D eigenvalue weighted by Gasteiger charge is -1.86. The molecular weight excluding hydrogens is 232 g/mol. The first-order valence-electron chi connectivity index (χ1n) is 5.14. The largest absolute Gasteiger partial charge is 0.375 e. The van der Waals surface area contributed by atoms with Gasteiger partial charge in [-0.15, -0.1) is 11.3 Å². The highest BCUT2D eigenvalue weighted by atomic mass is 32.1. The average Bonchev–Trinajstić information content (AvgIpc) is 2.91. The summed E-state index contributed by atoms with van der Waals surface area (Å²) in [6, 6.07) is 5.92. The van der Waals surface area contributed by atoms with Gasteiger partial charge < -0.3 is 10.1 Å². The zero-order valence-electron chi connectivity index (χ0n) is 8.95. The normalized spacial score (nSPS) is 11.5. The summed E-state index contributed by atoms with van der Waals surface area (Å²) in [6.45, 7) is 0. The highest BCUT2D eigenvalue weighted by Crippen LogP contribution is 2.14. The third-order valence-corrected chi connectivity index (χ3v) is 3.04. The lowest BCUT2D eigenvalue weighted by molar-refractivity contribution is 1.19. The second-order valence-electron chi connectivity index (χ2n) is 3.58. The minimum Gasteiger partial charge on any atom is -0.375 e. The molecule has 2 N–H and O–H groups in total. The Morgan fingerprint density at radius 1 is 1.18 bits per heavy atom. The predicted molar refractivity (Wildman–Crippen MR) is 70.6 cm³/mol. The van der Waals surface area contributed by atoms with Crippen molar-refractivity contribution in [2.75, 3.05) is 5.73 Å². The van der Waals surface area contributed by atoms with E-state index in [0.29, 0.717) is 5.13 Å². The van der Waals surface area contributed by atoms with Crippen LogP contribution in [0.2, 0.25) is 0 Å². The first-order chi connectivity index (χ1) is 8.31. The van der Waals surface area contributed by atoms with Crippen LogP contribution >= 0.6 is 11.3 Å². The molecule has 0 amide bonds. The number of nitrogens with zero attached hydrogens (tertiary/aromatic N) is 3. The highest BCUT2D eigenvalue weighted by molar-refractivity contribution is 7.13. The van der Waals surface area contributed by atoms with Crippen LogP contribution < -0.4 is 5.73 Å². The van der Waals surface area contributed by atoms with E-state index >= 15 is 0 Å². The average molecular weight is 242 g/mol. The van der Waals surface area contributed by atoms with Gasteiger partial charge in [0.05, 0.1) is 11.4 Å². The number of nitrogen functional groups attached to an aromatic ring is 1. The van der Waals surface area contributed by atoms with Crippen LogP contribution in [0, 0.1) is 0 Å². The van der Waals surface area contributed by atoms with Gasteiger partial charge in [-0.2, -0.15) is 0 Å². The van der Waals surface area contributed by atoms with Crippen molar-refractivity contribution in [3.63, 3.8) is 0 Å². The SMILES string of the molecule is Nc1nc(/C=C/c2cn3ccccc3n2)cs1. The zero-order chi connectivity index (χ0) is 11.7. The van der Waals surface area contributed by atoms with E-state index in [0.717, 1.165) is 17.0 Å². The molecule has 3 aromatic rings. The number of aromatic nitrogens is 3. The van der Waals surface area contributed by atoms with Crippen LogP contribution in [0.1, 0.15) is 11.4 Å². The summed E-state index contributed by atoms with van der Waals surface area (Å²) in [5.41, 5.74) is 8.27. The van der Waals surface area contributed by atoms with Gasteiger partial charge >= 0.3 is 0 Å². The Morgan fingerprint density at radius 2 is 2.06 bits per heavy atom. The Labute approximate surface area is 102 Å². The van der Waals surface area contributed by atoms with Crippen LogP contribution in [0.4, 0.5) is 5.13 Å². The molecule has 0 unspecified atom stereocenters. The van der Waals surface area contributed by atoms with Crippen molar-refractivity contribution in [3.05, 3.63) is 47.4 Å². The topological polar surface area (TPSA) is 56.2 Å². The number of imidazole rings is 1. The molecule has 3 heterocycles. The van der Waals surface area contributed by atoms with Gasteiger partial charge in [0.15, 0.2) is 5.13 Å². The Morgan fingerprint density at radius 3 is 2.82 bits per heavy atom. The molecule has 0 saturated heterocycles. The summed E-state index contributed by atoms with van der Waals surface area (Å²) < 4.78 is 1.98. The van der Waals surface area contributed by atoms with E-state index in [1.807, 2.05) is 52.5 Å². The monoisotopic (exact) mass is 242 g/mol. The van der Waals surface area contributed by atoms with Gasteiger partial charge in [-0.25, -0.2) is 9.97 Å². The Hall–Kier alpha value is -2.14. The summed E-state index contributed by atoms with van der Waals surface area (Å²) in [6.07, 6.45) is 7.79. The molecule has 0 spiro atoms. The number of hydrogen-bond donors (Lipinski definition) is 1. The smallest absolute Gasteiger partial charge is 0.180 e. The van der Waals surface area contributed by atoms with E-state index in [-0.39, 0.29) is 0 Å². The van der Waals surface area contributed by atoms with Crippen LogP contribution in [-0.4, -0.2) is 14.4 Å². The van der Waals surface area contributed by atoms with Crippen LogP contribution in [-0.2, 0) is 0 Å². The summed E-state index contributed by atoms with van der Waals surface area (Å²) in [4.78, 5) is 8.61. The van der Waals surface area contributed by atoms with Gasteiger partial charge in [0.1, 0.15) is 5.65 Å². The lowest BCUT2D eigenvalue weighted by Crippen LogP contribution is -1.80. The van der Waals surface area contributed by atoms with Gasteiger partial charge in [-0.3, -0.25) is 0 Å². The first kappa shape index (κ1) is 10.0. The summed E-state index contributed by atoms with van der Waals surface area (Å²) >= 11 is 1.43. The van der Waals surface area contributed by atoms with Crippen LogP contribution in [0.15, 0.2) is 36.0 Å². The molecule has 4 nitrogen and oxygen atoms in total. The molecule has 5 heteroatoms. The standard InChI is InChI=1S/C12H10N4S/c13-12-15-10(8-17-12)5-4-9-7-16-6-2-1-3-11(16)14-9/h1-8H,(H2,13,15)/b5-4+. The van der Waals surface area contributed by atoms with E-state index in [4.69, 9.17) is 5.73 Å². The molecule has 0 bridgehead atoms. The summed E-state index contributed by atoms with van der Waals surface area (Å²) in [5, 5.41) is 2.50. The van der Waals surface area contributed by atoms with Gasteiger partial charge in [0, 0.05) is 17.8 Å². The van der Waals surface area contributed by atoms with E-state index in [9.17, 15) is 0 Å². The van der Waals surface area contributed by atoms with Crippen LogP contribution in [0.5, 0.6) is 0 Å². The number of anilines is 1. The summed E-state index contributed by atoms with van der Waals surface area (Å²) in [7, 11) is 0. The molecule has 0 aliphatic carbocycles. The fraction of sp³-hybridized carbons (Fsp3) is 0. The Balaban J connectivity index is 1.92. The molecule has 3 rings (SSSR count). The number of fused-ring (bicyclic) bond motifs is 1. The number of rotatable bonds is 2. The highest BCUT2D eigenvalue weighted by Gasteiger charge is 1.97. The number of pyridine rings is 1. The number of thiazole rings is 1. The maximum absolute atomic E-state index is 5.56. The third-order valence-electron chi connectivity index (χ3n) is 2.35. The molecule has 0 aromatic carbocycles. The second-order valence-corrected chi connectivity index (χ2v) is 4.47. The fourth-order valence-corrected chi connectivity index (χ4v) is 2.11. The van der Waals surface area contributed by atoms with Crippen molar-refractivity contribution >= 4 is 34.3 Å². The van der Waals surface area contributed by atoms with Crippen molar-refractivity contribution in [1.29, 1.82) is 0 Å². The Kier molecular flexibility index (Phi) is 2.38. The van der Waals surface area contributed by atoms with Crippen molar-refractivity contribution in [3.8, 4) is 0 Å². The third kappa shape index (κ3) is 2.05. The number of nitrogens with two attached hydrogens (primary N) is 1. The predicted octanol–water partition coefficient (Wildman–Crippen LogP) is 2.54. The quantitative estimate of drug-likeness (QED) is 0.751. The second kappa shape index (κ2) is 4.03. The van der Waals surface area contributed by atoms with Crippen molar-refractivity contribution < 1.29 is 0 Å². The molecule has 0 aliphatic rings. The van der Waals surface area contributed by atoms with E-state index in [2.05, 4.69) is 9.97 Å². The zero-order valence-corrected chi connectivity index (χ0v) is 9.76. The van der Waals surface area contributed by atoms with Gasteiger partial charge in [-0.05, 0) is 24.3 Å². The fourth-order valence-electron chi connectivity index (χ4n) is 1.58. The summed E-state index contributed by atoms with van der Waals surface area (Å²) in [5.74, 6) is 0. The van der Waals surface area contributed by atoms with E-state index < -0.39 is 0 Å². The molecular formula is C12H10N4S. The van der Waals surface area contributed by atoms with E-state index in [1.54, 1.807) is 0 Å². The molecule has 3 aromatic heterocycles. The first-order valence-corrected chi connectivity index (χ1v) is 6.02. The maximum Gasteiger partial charge on any atom is 0.180 e.